The molecular formula is C6H8ClO2V. The molecule has 0 spiro atoms. The van der Waals surface area contributed by atoms with Crippen molar-refractivity contribution in [2.45, 2.75) is 6.42 Å². The normalized spacial score (nSPS) is 13.6. The molecule has 1 aliphatic rings. The molecular weight excluding hydrogens is 190 g/mol. The first-order valence-electron chi connectivity index (χ1n) is 2.69. The van der Waals surface area contributed by atoms with Crippen LogP contribution in [0.4, 0.5) is 0 Å². The molecule has 0 amide bonds. The van der Waals surface area contributed by atoms with E-state index < -0.39 is 16.2 Å². The van der Waals surface area contributed by atoms with Crippen LogP contribution in [0, 0.1) is 0 Å². The molecule has 0 atom stereocenters. The summed E-state index contributed by atoms with van der Waals surface area (Å²) < 4.78 is 14.9. The van der Waals surface area contributed by atoms with E-state index >= 15 is 0 Å². The van der Waals surface area contributed by atoms with Gasteiger partial charge in [-0.3, -0.25) is 4.29 Å². The minimum absolute atomic E-state index is 0.727. The van der Waals surface area contributed by atoms with E-state index in [9.17, 15) is 3.67 Å². The van der Waals surface area contributed by atoms with Crippen LogP contribution in [-0.2, 0) is 24.2 Å². The Balaban J connectivity index is 0.000000236. The topological polar surface area (TPSA) is 26.3 Å². The van der Waals surface area contributed by atoms with Crippen molar-refractivity contribution >= 4 is 11.9 Å². The molecule has 0 aromatic rings. The summed E-state index contributed by atoms with van der Waals surface area (Å²) in [5.74, 6) is 0. The fourth-order valence-corrected chi connectivity index (χ4v) is 1.01. The van der Waals surface area contributed by atoms with Gasteiger partial charge < -0.3 is 0 Å². The molecule has 0 N–H and O–H groups in total. The fourth-order valence-electron chi connectivity index (χ4n) is 0.504. The summed E-state index contributed by atoms with van der Waals surface area (Å²) in [6.07, 6.45) is 6.81. The third-order valence-electron chi connectivity index (χ3n) is 0.869. The van der Waals surface area contributed by atoms with Gasteiger partial charge >= 0.3 is 48.8 Å². The van der Waals surface area contributed by atoms with Crippen LogP contribution >= 0.6 is 11.9 Å². The van der Waals surface area contributed by atoms with Gasteiger partial charge in [-0.15, -0.1) is 0 Å². The summed E-state index contributed by atoms with van der Waals surface area (Å²) >= 11 is 3.77. The first-order chi connectivity index (χ1) is 4.85. The Labute approximate surface area is 72.4 Å². The molecule has 0 aromatic heterocycles. The molecule has 0 radical (unpaired) electrons. The number of rotatable bonds is 1. The molecule has 1 rings (SSSR count). The van der Waals surface area contributed by atoms with Gasteiger partial charge in [-0.2, -0.15) is 0 Å². The second kappa shape index (κ2) is 7.22. The van der Waals surface area contributed by atoms with Crippen LogP contribution in [0.5, 0.6) is 0 Å². The van der Waals surface area contributed by atoms with Crippen molar-refractivity contribution < 1.29 is 24.2 Å². The number of halogens is 1. The Morgan fingerprint density at radius 1 is 1.80 bits per heavy atom. The SMILES string of the molecule is COCl.[O]=[V][C]1=CC=CC1. The molecule has 0 heterocycles. The third kappa shape index (κ3) is 4.94. The van der Waals surface area contributed by atoms with Crippen LogP contribution in [0.3, 0.4) is 0 Å². The summed E-state index contributed by atoms with van der Waals surface area (Å²) in [5, 5.41) is 0. The molecule has 0 fully saturated rings. The Morgan fingerprint density at radius 3 is 2.60 bits per heavy atom. The predicted molar refractivity (Wildman–Crippen MR) is 35.4 cm³/mol. The first kappa shape index (κ1) is 10.1. The Morgan fingerprint density at radius 2 is 2.40 bits per heavy atom. The van der Waals surface area contributed by atoms with Crippen LogP contribution in [0.2, 0.25) is 0 Å². The zero-order valence-corrected chi connectivity index (χ0v) is 7.73. The molecule has 0 aromatic carbocycles. The van der Waals surface area contributed by atoms with Crippen molar-refractivity contribution in [3.63, 3.8) is 0 Å². The summed E-state index contributed by atoms with van der Waals surface area (Å²) in [6, 6.07) is 0. The summed E-state index contributed by atoms with van der Waals surface area (Å²) in [7, 11) is 1.39. The molecule has 1 aliphatic carbocycles. The zero-order valence-electron chi connectivity index (χ0n) is 5.58. The molecule has 0 bridgehead atoms. The second-order valence-electron chi connectivity index (χ2n) is 1.54. The van der Waals surface area contributed by atoms with Crippen LogP contribution < -0.4 is 0 Å². The van der Waals surface area contributed by atoms with Gasteiger partial charge in [0.1, 0.15) is 0 Å². The molecule has 0 unspecified atom stereocenters. The maximum absolute atomic E-state index is 10.1. The van der Waals surface area contributed by atoms with Crippen LogP contribution in [-0.4, -0.2) is 7.11 Å². The van der Waals surface area contributed by atoms with Crippen molar-refractivity contribution in [3.8, 4) is 0 Å². The standard InChI is InChI=1S/C5H5.CH3ClO.O.V/c1-2-4-5-3-1;1-3-2;;/h1-3H,4H2;1H3;;. The van der Waals surface area contributed by atoms with E-state index in [-0.39, 0.29) is 0 Å². The van der Waals surface area contributed by atoms with Crippen molar-refractivity contribution in [1.82, 2.24) is 0 Å². The Kier molecular flexibility index (Phi) is 7.31. The van der Waals surface area contributed by atoms with Gasteiger partial charge in [-0.25, -0.2) is 0 Å². The second-order valence-corrected chi connectivity index (χ2v) is 3.03. The Bertz CT molecular complexity index is 154. The van der Waals surface area contributed by atoms with Crippen LogP contribution in [0.25, 0.3) is 0 Å². The molecule has 56 valence electrons. The van der Waals surface area contributed by atoms with Crippen molar-refractivity contribution in [1.29, 1.82) is 0 Å². The van der Waals surface area contributed by atoms with Gasteiger partial charge in [0, 0.05) is 0 Å². The number of allylic oxidation sites excluding steroid dienone is 4. The van der Waals surface area contributed by atoms with E-state index in [4.69, 9.17) is 0 Å². The van der Waals surface area contributed by atoms with Gasteiger partial charge in [0.25, 0.3) is 0 Å². The molecule has 10 heavy (non-hydrogen) atoms. The van der Waals surface area contributed by atoms with Gasteiger partial charge in [-0.1, -0.05) is 0 Å². The molecule has 0 saturated heterocycles. The van der Waals surface area contributed by atoms with E-state index in [0.29, 0.717) is 0 Å². The van der Waals surface area contributed by atoms with Crippen molar-refractivity contribution in [3.05, 3.63) is 22.5 Å². The average Bonchev–Trinajstić information content (AvgIpc) is 2.39. The van der Waals surface area contributed by atoms with E-state index in [1.165, 1.54) is 7.11 Å². The van der Waals surface area contributed by atoms with Crippen molar-refractivity contribution in [2.24, 2.45) is 0 Å². The minimum atomic E-state index is -0.727. The average molecular weight is 199 g/mol. The molecule has 4 heteroatoms. The number of hydrogen-bond donors (Lipinski definition) is 0. The fraction of sp³-hybridized carbons (Fsp3) is 0.333. The van der Waals surface area contributed by atoms with Gasteiger partial charge in [0.15, 0.2) is 0 Å². The van der Waals surface area contributed by atoms with Gasteiger partial charge in [0.05, 0.1) is 19.0 Å². The summed E-state index contributed by atoms with van der Waals surface area (Å²) in [4.78, 5) is 0. The zero-order chi connectivity index (χ0) is 7.82. The van der Waals surface area contributed by atoms with E-state index in [2.05, 4.69) is 16.2 Å². The Hall–Kier alpha value is 0.114. The number of hydrogen-bond acceptors (Lipinski definition) is 2. The molecule has 2 nitrogen and oxygen atoms in total. The van der Waals surface area contributed by atoms with Crippen LogP contribution in [0.15, 0.2) is 22.5 Å². The monoisotopic (exact) mass is 198 g/mol. The first-order valence-corrected chi connectivity index (χ1v) is 4.26. The van der Waals surface area contributed by atoms with E-state index in [1.54, 1.807) is 0 Å². The van der Waals surface area contributed by atoms with Gasteiger partial charge in [0.2, 0.25) is 0 Å². The molecule has 0 aliphatic heterocycles. The van der Waals surface area contributed by atoms with E-state index in [1.807, 2.05) is 18.2 Å². The summed E-state index contributed by atoms with van der Waals surface area (Å²) in [5.41, 5.74) is 0. The third-order valence-corrected chi connectivity index (χ3v) is 1.75. The maximum atomic E-state index is 10.1. The van der Waals surface area contributed by atoms with Crippen LogP contribution in [0.1, 0.15) is 6.42 Å². The molecule has 0 saturated carbocycles. The summed E-state index contributed by atoms with van der Waals surface area (Å²) in [6.45, 7) is 0. The quantitative estimate of drug-likeness (QED) is 0.645. The van der Waals surface area contributed by atoms with Gasteiger partial charge in [-0.05, 0) is 0 Å². The van der Waals surface area contributed by atoms with Crippen molar-refractivity contribution in [2.75, 3.05) is 7.11 Å². The van der Waals surface area contributed by atoms with E-state index in [0.717, 1.165) is 10.7 Å². The predicted octanol–water partition coefficient (Wildman–Crippen LogP) is 2.04.